The second-order valence-electron chi connectivity index (χ2n) is 11.2. The lowest BCUT2D eigenvalue weighted by Gasteiger charge is -2.28. The molecule has 44 heavy (non-hydrogen) atoms. The van der Waals surface area contributed by atoms with Crippen molar-refractivity contribution in [2.45, 2.75) is 51.1 Å². The van der Waals surface area contributed by atoms with Gasteiger partial charge in [-0.05, 0) is 79.8 Å². The van der Waals surface area contributed by atoms with Crippen LogP contribution in [0.15, 0.2) is 65.7 Å². The van der Waals surface area contributed by atoms with Crippen molar-refractivity contribution in [2.75, 3.05) is 4.72 Å². The lowest BCUT2D eigenvalue weighted by Crippen LogP contribution is -2.35. The zero-order chi connectivity index (χ0) is 30.6. The van der Waals surface area contributed by atoms with Crippen LogP contribution in [0.4, 0.5) is 5.82 Å². The minimum Gasteiger partial charge on any atom is -0.344 e. The third-order valence-corrected chi connectivity index (χ3v) is 9.22. The number of nitrogens with zero attached hydrogens (tertiary/aromatic N) is 4. The van der Waals surface area contributed by atoms with Crippen LogP contribution in [-0.4, -0.2) is 39.5 Å². The minimum absolute atomic E-state index is 0.0306. The van der Waals surface area contributed by atoms with Crippen molar-refractivity contribution < 1.29 is 13.2 Å². The van der Waals surface area contributed by atoms with E-state index in [1.165, 1.54) is 10.7 Å². The van der Waals surface area contributed by atoms with Gasteiger partial charge in [-0.2, -0.15) is 13.1 Å². The van der Waals surface area contributed by atoms with Crippen molar-refractivity contribution in [1.82, 2.24) is 29.2 Å². The summed E-state index contributed by atoms with van der Waals surface area (Å²) in [7, 11) is -3.99. The van der Waals surface area contributed by atoms with Gasteiger partial charge in [-0.1, -0.05) is 30.2 Å². The van der Waals surface area contributed by atoms with E-state index in [9.17, 15) is 18.0 Å². The average Bonchev–Trinajstić information content (AvgIpc) is 3.74. The summed E-state index contributed by atoms with van der Waals surface area (Å²) in [6.45, 7) is 1.81. The van der Waals surface area contributed by atoms with Crippen molar-refractivity contribution in [2.24, 2.45) is 0 Å². The van der Waals surface area contributed by atoms with Crippen molar-refractivity contribution in [3.8, 4) is 18.0 Å². The predicted octanol–water partition coefficient (Wildman–Crippen LogP) is 3.40. The number of hydrogen-bond donors (Lipinski definition) is 3. The Kier molecular flexibility index (Phi) is 6.72. The second kappa shape index (κ2) is 10.6. The molecule has 1 saturated carbocycles. The van der Waals surface area contributed by atoms with Crippen LogP contribution in [0.3, 0.4) is 0 Å². The number of aryl methyl sites for hydroxylation is 2. The number of carbonyl (C=O) groups is 1. The van der Waals surface area contributed by atoms with Gasteiger partial charge < -0.3 is 5.32 Å². The van der Waals surface area contributed by atoms with Crippen molar-refractivity contribution >= 4 is 38.4 Å². The van der Waals surface area contributed by atoms with Gasteiger partial charge in [-0.3, -0.25) is 18.9 Å². The first-order valence-electron chi connectivity index (χ1n) is 14.5. The molecule has 3 N–H and O–H groups in total. The Hall–Kier alpha value is -4.99. The highest BCUT2D eigenvalue weighted by molar-refractivity contribution is 7.90. The smallest absolute Gasteiger partial charge is 0.300 e. The Labute approximate surface area is 253 Å². The molecule has 0 spiro atoms. The van der Waals surface area contributed by atoms with Gasteiger partial charge in [-0.25, -0.2) is 9.50 Å². The number of aromatic nitrogens is 4. The van der Waals surface area contributed by atoms with Gasteiger partial charge in [0.05, 0.1) is 17.1 Å². The van der Waals surface area contributed by atoms with E-state index in [1.807, 2.05) is 49.4 Å². The fraction of sp³-hybridized carbons (Fsp3) is 0.250. The highest BCUT2D eigenvalue weighted by Crippen LogP contribution is 2.36. The maximum absolute atomic E-state index is 14.3. The Bertz CT molecular complexity index is 2180. The quantitative estimate of drug-likeness (QED) is 0.231. The molecule has 1 fully saturated rings. The average molecular weight is 608 g/mol. The van der Waals surface area contributed by atoms with Gasteiger partial charge in [0.15, 0.2) is 11.5 Å². The molecule has 2 aliphatic rings. The fourth-order valence-corrected chi connectivity index (χ4v) is 7.24. The number of nitrogens with one attached hydrogen (secondary N) is 3. The predicted molar refractivity (Wildman–Crippen MR) is 167 cm³/mol. The van der Waals surface area contributed by atoms with Crippen LogP contribution in [0.1, 0.15) is 65.0 Å². The van der Waals surface area contributed by atoms with E-state index in [2.05, 4.69) is 30.8 Å². The molecular formula is C32H29N7O4S. The van der Waals surface area contributed by atoms with E-state index in [-0.39, 0.29) is 28.6 Å². The summed E-state index contributed by atoms with van der Waals surface area (Å²) in [6, 6.07) is 13.9. The normalized spacial score (nSPS) is 15.2. The summed E-state index contributed by atoms with van der Waals surface area (Å²) < 4.78 is 33.6. The molecule has 11 nitrogen and oxygen atoms in total. The molecule has 2 aromatic carbocycles. The molecular weight excluding hydrogens is 578 g/mol. The third kappa shape index (κ3) is 4.80. The van der Waals surface area contributed by atoms with Crippen molar-refractivity contribution in [3.05, 3.63) is 99.2 Å². The first-order valence-corrected chi connectivity index (χ1v) is 15.9. The van der Waals surface area contributed by atoms with Gasteiger partial charge in [0.1, 0.15) is 5.56 Å². The molecule has 0 bridgehead atoms. The highest BCUT2D eigenvalue weighted by atomic mass is 32.2. The maximum atomic E-state index is 14.3. The number of amides is 1. The Balaban J connectivity index is 1.37. The molecule has 12 heteroatoms. The van der Waals surface area contributed by atoms with Crippen LogP contribution in [0.25, 0.3) is 22.1 Å². The topological polar surface area (TPSA) is 139 Å². The molecule has 3 aromatic heterocycles. The van der Waals surface area contributed by atoms with Gasteiger partial charge in [0, 0.05) is 29.7 Å². The second-order valence-corrected chi connectivity index (χ2v) is 12.6. The maximum Gasteiger partial charge on any atom is 0.300 e. The summed E-state index contributed by atoms with van der Waals surface area (Å²) in [4.78, 5) is 32.7. The van der Waals surface area contributed by atoms with E-state index in [1.54, 1.807) is 16.8 Å². The van der Waals surface area contributed by atoms with Crippen LogP contribution in [0.2, 0.25) is 0 Å². The highest BCUT2D eigenvalue weighted by Gasteiger charge is 2.32. The number of anilines is 1. The van der Waals surface area contributed by atoms with E-state index in [4.69, 9.17) is 6.42 Å². The van der Waals surface area contributed by atoms with E-state index >= 15 is 0 Å². The van der Waals surface area contributed by atoms with Crippen LogP contribution >= 0.6 is 0 Å². The molecule has 222 valence electrons. The van der Waals surface area contributed by atoms with E-state index in [0.29, 0.717) is 28.8 Å². The molecule has 5 aromatic rings. The third-order valence-electron chi connectivity index (χ3n) is 8.11. The molecule has 0 radical (unpaired) electrons. The molecule has 3 heterocycles. The van der Waals surface area contributed by atoms with Gasteiger partial charge in [0.2, 0.25) is 0 Å². The summed E-state index contributed by atoms with van der Waals surface area (Å²) in [5.41, 5.74) is 3.69. The number of pyridine rings is 1. The zero-order valence-electron chi connectivity index (χ0n) is 23.9. The van der Waals surface area contributed by atoms with E-state index in [0.717, 1.165) is 42.2 Å². The number of hydrogen-bond acceptors (Lipinski definition) is 6. The Morgan fingerprint density at radius 2 is 1.89 bits per heavy atom. The van der Waals surface area contributed by atoms with Crippen LogP contribution < -0.4 is 20.3 Å². The largest absolute Gasteiger partial charge is 0.344 e. The van der Waals surface area contributed by atoms with Crippen LogP contribution in [0.5, 0.6) is 0 Å². The first-order chi connectivity index (χ1) is 21.3. The summed E-state index contributed by atoms with van der Waals surface area (Å²) in [6.07, 6.45) is 12.8. The monoisotopic (exact) mass is 607 g/mol. The standard InChI is InChI=1S/C32H29N7O4S/c1-3-20-13-14-21-9-7-12-24-25(21)26(20)32(41)39(23-10-5-4-6-11-23)28(24)19(2)34-31(40)27-29(35-38-18-8-17-33-30(27)38)37-44(42,43)36-22-15-16-22/h1,4-6,8,10-11,13-14,17-19,22,36H,7,9,12,15-16H2,2H3,(H,34,40)(H,35,37)/t19-/m1/s1. The SMILES string of the molecule is C#Cc1ccc2c3c(c([C@@H](C)NC(=O)c4c(NS(=O)(=O)NC5CC5)nn5cccnc45)n(-c4ccccc4)c(=O)c13)CCC2. The van der Waals surface area contributed by atoms with Gasteiger partial charge in [0.25, 0.3) is 11.5 Å². The molecule has 0 unspecified atom stereocenters. The molecule has 0 aliphatic heterocycles. The van der Waals surface area contributed by atoms with Gasteiger partial charge in [-0.15, -0.1) is 11.5 Å². The molecule has 7 rings (SSSR count). The van der Waals surface area contributed by atoms with Gasteiger partial charge >= 0.3 is 10.2 Å². The van der Waals surface area contributed by atoms with E-state index < -0.39 is 22.2 Å². The number of para-hydroxylation sites is 1. The molecule has 0 saturated heterocycles. The number of carbonyl (C=O) groups excluding carboxylic acids is 1. The number of rotatable bonds is 8. The number of benzene rings is 2. The number of fused-ring (bicyclic) bond motifs is 1. The van der Waals surface area contributed by atoms with Crippen LogP contribution in [0, 0.1) is 12.3 Å². The molecule has 2 aliphatic carbocycles. The molecule has 1 atom stereocenters. The summed E-state index contributed by atoms with van der Waals surface area (Å²) in [5, 5.41) is 8.68. The zero-order valence-corrected chi connectivity index (χ0v) is 24.7. The Morgan fingerprint density at radius 3 is 2.64 bits per heavy atom. The lowest BCUT2D eigenvalue weighted by atomic mass is 9.85. The summed E-state index contributed by atoms with van der Waals surface area (Å²) in [5.74, 6) is 1.94. The fourth-order valence-electron chi connectivity index (χ4n) is 6.10. The molecule has 1 amide bonds. The lowest BCUT2D eigenvalue weighted by molar-refractivity contribution is 0.0941. The van der Waals surface area contributed by atoms with Crippen molar-refractivity contribution in [3.63, 3.8) is 0 Å². The summed E-state index contributed by atoms with van der Waals surface area (Å²) >= 11 is 0. The minimum atomic E-state index is -3.99. The number of terminal acetylenes is 1. The first kappa shape index (κ1) is 27.8. The van der Waals surface area contributed by atoms with Crippen molar-refractivity contribution in [1.29, 1.82) is 0 Å². The van der Waals surface area contributed by atoms with Crippen LogP contribution in [-0.2, 0) is 23.1 Å². The Morgan fingerprint density at radius 1 is 1.09 bits per heavy atom.